The molecule has 0 bridgehead atoms. The molecule has 0 aliphatic carbocycles. The third-order valence-electron chi connectivity index (χ3n) is 2.65. The third kappa shape index (κ3) is 2.15. The van der Waals surface area contributed by atoms with Gasteiger partial charge in [0.1, 0.15) is 5.56 Å². The number of aromatic carboxylic acids is 1. The number of nitrogens with two attached hydrogens (primary N) is 1. The van der Waals surface area contributed by atoms with Crippen LogP contribution in [0.2, 0.25) is 0 Å². The molecule has 3 N–H and O–H groups in total. The van der Waals surface area contributed by atoms with Gasteiger partial charge >= 0.3 is 5.97 Å². The Labute approximate surface area is 104 Å². The molecule has 1 heterocycles. The van der Waals surface area contributed by atoms with Gasteiger partial charge in [-0.3, -0.25) is 0 Å². The smallest absolute Gasteiger partial charge is 0.339 e. The minimum absolute atomic E-state index is 0.0769. The summed E-state index contributed by atoms with van der Waals surface area (Å²) in [6.07, 6.45) is 0. The van der Waals surface area contributed by atoms with Crippen LogP contribution in [0.1, 0.15) is 21.6 Å². The number of rotatable bonds is 2. The lowest BCUT2D eigenvalue weighted by atomic mass is 10.0. The minimum Gasteiger partial charge on any atom is -0.478 e. The first kappa shape index (κ1) is 12.0. The summed E-state index contributed by atoms with van der Waals surface area (Å²) in [4.78, 5) is 19.2. The summed E-state index contributed by atoms with van der Waals surface area (Å²) in [6, 6.07) is 7.44. The monoisotopic (exact) mass is 243 g/mol. The second-order valence-corrected chi connectivity index (χ2v) is 4.06. The second kappa shape index (κ2) is 4.44. The first-order chi connectivity index (χ1) is 8.49. The van der Waals surface area contributed by atoms with Crippen molar-refractivity contribution >= 4 is 11.9 Å². The van der Waals surface area contributed by atoms with Gasteiger partial charge in [-0.05, 0) is 13.8 Å². The zero-order valence-corrected chi connectivity index (χ0v) is 10.1. The Morgan fingerprint density at radius 2 is 1.78 bits per heavy atom. The maximum Gasteiger partial charge on any atom is 0.339 e. The number of anilines is 1. The lowest BCUT2D eigenvalue weighted by molar-refractivity contribution is 0.0696. The first-order valence-corrected chi connectivity index (χ1v) is 5.43. The molecule has 2 aromatic rings. The van der Waals surface area contributed by atoms with E-state index in [0.717, 1.165) is 11.1 Å². The second-order valence-electron chi connectivity index (χ2n) is 4.06. The molecule has 0 spiro atoms. The quantitative estimate of drug-likeness (QED) is 0.842. The Bertz CT molecular complexity index is 606. The molecule has 0 saturated carbocycles. The average molecular weight is 243 g/mol. The molecule has 0 aliphatic heterocycles. The summed E-state index contributed by atoms with van der Waals surface area (Å²) in [5, 5.41) is 9.23. The molecule has 0 unspecified atom stereocenters. The largest absolute Gasteiger partial charge is 0.478 e. The molecule has 5 nitrogen and oxygen atoms in total. The van der Waals surface area contributed by atoms with Crippen molar-refractivity contribution in [3.63, 3.8) is 0 Å². The van der Waals surface area contributed by atoms with E-state index in [2.05, 4.69) is 9.97 Å². The van der Waals surface area contributed by atoms with Crippen LogP contribution in [0.5, 0.6) is 0 Å². The molecule has 0 radical (unpaired) electrons. The number of nitrogens with zero attached hydrogens (tertiary/aromatic N) is 2. The summed E-state index contributed by atoms with van der Waals surface area (Å²) in [6.45, 7) is 3.57. The van der Waals surface area contributed by atoms with E-state index >= 15 is 0 Å². The van der Waals surface area contributed by atoms with Gasteiger partial charge in [0.05, 0.1) is 11.4 Å². The molecule has 0 saturated heterocycles. The standard InChI is InChI=1S/C13H13N3O2/c1-7-3-5-9(6-4-7)11-10(12(17)18)8(2)15-13(14)16-11/h3-6H,1-2H3,(H,17,18)(H2,14,15,16). The number of carbonyl (C=O) groups is 1. The van der Waals surface area contributed by atoms with Crippen LogP contribution in [0.15, 0.2) is 24.3 Å². The number of hydrogen-bond donors (Lipinski definition) is 2. The third-order valence-corrected chi connectivity index (χ3v) is 2.65. The van der Waals surface area contributed by atoms with Crippen molar-refractivity contribution in [2.24, 2.45) is 0 Å². The molecule has 0 fully saturated rings. The summed E-state index contributed by atoms with van der Waals surface area (Å²) in [7, 11) is 0. The highest BCUT2D eigenvalue weighted by molar-refractivity contribution is 5.96. The van der Waals surface area contributed by atoms with Gasteiger partial charge < -0.3 is 10.8 Å². The Hall–Kier alpha value is -2.43. The van der Waals surface area contributed by atoms with Crippen LogP contribution in [0.25, 0.3) is 11.3 Å². The van der Waals surface area contributed by atoms with E-state index in [1.54, 1.807) is 6.92 Å². The average Bonchev–Trinajstić information content (AvgIpc) is 2.28. The predicted molar refractivity (Wildman–Crippen MR) is 68.3 cm³/mol. The molecule has 1 aromatic carbocycles. The molecular weight excluding hydrogens is 230 g/mol. The number of benzene rings is 1. The zero-order chi connectivity index (χ0) is 13.3. The fraction of sp³-hybridized carbons (Fsp3) is 0.154. The molecule has 0 amide bonds. The van der Waals surface area contributed by atoms with Gasteiger partial charge in [-0.1, -0.05) is 29.8 Å². The number of aromatic nitrogens is 2. The van der Waals surface area contributed by atoms with Crippen molar-refractivity contribution in [1.29, 1.82) is 0 Å². The Morgan fingerprint density at radius 3 is 2.33 bits per heavy atom. The number of carboxylic acids is 1. The van der Waals surface area contributed by atoms with E-state index in [4.69, 9.17) is 5.73 Å². The topological polar surface area (TPSA) is 89.1 Å². The van der Waals surface area contributed by atoms with E-state index in [-0.39, 0.29) is 11.5 Å². The van der Waals surface area contributed by atoms with Crippen molar-refractivity contribution in [3.05, 3.63) is 41.1 Å². The van der Waals surface area contributed by atoms with Crippen LogP contribution < -0.4 is 5.73 Å². The summed E-state index contributed by atoms with van der Waals surface area (Å²) in [5.74, 6) is -0.976. The van der Waals surface area contributed by atoms with Crippen molar-refractivity contribution in [2.45, 2.75) is 13.8 Å². The minimum atomic E-state index is -1.05. The molecule has 0 atom stereocenters. The fourth-order valence-electron chi connectivity index (χ4n) is 1.77. The van der Waals surface area contributed by atoms with Crippen LogP contribution in [0.3, 0.4) is 0 Å². The van der Waals surface area contributed by atoms with Crippen molar-refractivity contribution in [3.8, 4) is 11.3 Å². The summed E-state index contributed by atoms with van der Waals surface area (Å²) in [5.41, 5.74) is 8.20. The number of aryl methyl sites for hydroxylation is 2. The van der Waals surface area contributed by atoms with E-state index in [0.29, 0.717) is 11.4 Å². The van der Waals surface area contributed by atoms with E-state index in [9.17, 15) is 9.90 Å². The molecular formula is C13H13N3O2. The highest BCUT2D eigenvalue weighted by Gasteiger charge is 2.18. The molecule has 1 aromatic heterocycles. The van der Waals surface area contributed by atoms with Gasteiger partial charge in [0.25, 0.3) is 0 Å². The lowest BCUT2D eigenvalue weighted by Gasteiger charge is -2.09. The first-order valence-electron chi connectivity index (χ1n) is 5.43. The van der Waals surface area contributed by atoms with Crippen LogP contribution >= 0.6 is 0 Å². The highest BCUT2D eigenvalue weighted by atomic mass is 16.4. The molecule has 5 heteroatoms. The predicted octanol–water partition coefficient (Wildman–Crippen LogP) is 2.04. The molecule has 0 aliphatic rings. The lowest BCUT2D eigenvalue weighted by Crippen LogP contribution is -2.09. The van der Waals surface area contributed by atoms with Crippen molar-refractivity contribution in [2.75, 3.05) is 5.73 Å². The van der Waals surface area contributed by atoms with E-state index in [1.165, 1.54) is 0 Å². The van der Waals surface area contributed by atoms with E-state index in [1.807, 2.05) is 31.2 Å². The van der Waals surface area contributed by atoms with Gasteiger partial charge in [0, 0.05) is 5.56 Å². The highest BCUT2D eigenvalue weighted by Crippen LogP contribution is 2.24. The molecule has 2 rings (SSSR count). The number of carboxylic acid groups (broad SMARTS) is 1. The maximum absolute atomic E-state index is 11.3. The van der Waals surface area contributed by atoms with Gasteiger partial charge in [0.15, 0.2) is 0 Å². The fourth-order valence-corrected chi connectivity index (χ4v) is 1.77. The maximum atomic E-state index is 11.3. The van der Waals surface area contributed by atoms with Crippen LogP contribution in [0, 0.1) is 13.8 Å². The Morgan fingerprint density at radius 1 is 1.17 bits per heavy atom. The van der Waals surface area contributed by atoms with Gasteiger partial charge in [-0.2, -0.15) is 0 Å². The van der Waals surface area contributed by atoms with Crippen LogP contribution in [0.4, 0.5) is 5.95 Å². The summed E-state index contributed by atoms with van der Waals surface area (Å²) >= 11 is 0. The number of nitrogen functional groups attached to an aromatic ring is 1. The van der Waals surface area contributed by atoms with Gasteiger partial charge in [0.2, 0.25) is 5.95 Å². The molecule has 18 heavy (non-hydrogen) atoms. The Kier molecular flexibility index (Phi) is 2.97. The van der Waals surface area contributed by atoms with Crippen molar-refractivity contribution in [1.82, 2.24) is 9.97 Å². The summed E-state index contributed by atoms with van der Waals surface area (Å²) < 4.78 is 0. The Balaban J connectivity index is 2.69. The van der Waals surface area contributed by atoms with Gasteiger partial charge in [-0.15, -0.1) is 0 Å². The number of hydrogen-bond acceptors (Lipinski definition) is 4. The SMILES string of the molecule is Cc1ccc(-c2nc(N)nc(C)c2C(=O)O)cc1. The van der Waals surface area contributed by atoms with Crippen LogP contribution in [-0.2, 0) is 0 Å². The molecule has 92 valence electrons. The van der Waals surface area contributed by atoms with Gasteiger partial charge in [-0.25, -0.2) is 14.8 Å². The van der Waals surface area contributed by atoms with E-state index < -0.39 is 5.97 Å². The van der Waals surface area contributed by atoms with Crippen LogP contribution in [-0.4, -0.2) is 21.0 Å². The normalized spacial score (nSPS) is 10.3. The van der Waals surface area contributed by atoms with Crippen molar-refractivity contribution < 1.29 is 9.90 Å². The zero-order valence-electron chi connectivity index (χ0n) is 10.1.